The van der Waals surface area contributed by atoms with Gasteiger partial charge in [-0.1, -0.05) is 44.0 Å². The van der Waals surface area contributed by atoms with Gasteiger partial charge in [0.2, 0.25) is 0 Å². The summed E-state index contributed by atoms with van der Waals surface area (Å²) in [5.41, 5.74) is 3.50. The molecule has 110 valence electrons. The van der Waals surface area contributed by atoms with Gasteiger partial charge in [-0.2, -0.15) is 0 Å². The standard InChI is InChI=1S/C17H16Br2O2/c1-10-7-14(19)11(2)16(17(10)21-3)15(20)9-12-5-4-6-13(18)8-12/h4-8H,9H2,1-3H3. The third-order valence-electron chi connectivity index (χ3n) is 3.40. The third-order valence-corrected chi connectivity index (χ3v) is 4.72. The summed E-state index contributed by atoms with van der Waals surface area (Å²) in [4.78, 5) is 12.7. The van der Waals surface area contributed by atoms with Gasteiger partial charge < -0.3 is 4.74 Å². The van der Waals surface area contributed by atoms with E-state index in [1.165, 1.54) is 0 Å². The van der Waals surface area contributed by atoms with E-state index in [0.29, 0.717) is 17.7 Å². The first-order valence-corrected chi connectivity index (χ1v) is 8.14. The molecule has 0 amide bonds. The molecule has 0 aliphatic rings. The van der Waals surface area contributed by atoms with Crippen molar-refractivity contribution in [1.29, 1.82) is 0 Å². The van der Waals surface area contributed by atoms with Crippen LogP contribution in [0.2, 0.25) is 0 Å². The number of aryl methyl sites for hydroxylation is 1. The predicted octanol–water partition coefficient (Wildman–Crippen LogP) is 5.26. The third kappa shape index (κ3) is 3.55. The van der Waals surface area contributed by atoms with E-state index >= 15 is 0 Å². The lowest BCUT2D eigenvalue weighted by Gasteiger charge is -2.15. The van der Waals surface area contributed by atoms with Crippen LogP contribution >= 0.6 is 31.9 Å². The van der Waals surface area contributed by atoms with Crippen LogP contribution in [0.15, 0.2) is 39.3 Å². The minimum atomic E-state index is 0.0619. The Morgan fingerprint density at radius 1 is 1.19 bits per heavy atom. The zero-order valence-corrected chi connectivity index (χ0v) is 15.3. The van der Waals surface area contributed by atoms with Gasteiger partial charge in [0.15, 0.2) is 5.78 Å². The zero-order valence-electron chi connectivity index (χ0n) is 12.2. The number of benzene rings is 2. The van der Waals surface area contributed by atoms with Crippen molar-refractivity contribution in [3.8, 4) is 5.75 Å². The maximum atomic E-state index is 12.7. The molecule has 21 heavy (non-hydrogen) atoms. The first-order valence-electron chi connectivity index (χ1n) is 6.55. The number of ether oxygens (including phenoxy) is 1. The molecule has 0 spiro atoms. The van der Waals surface area contributed by atoms with E-state index in [1.54, 1.807) is 7.11 Å². The Labute approximate surface area is 141 Å². The van der Waals surface area contributed by atoms with Crippen molar-refractivity contribution < 1.29 is 9.53 Å². The van der Waals surface area contributed by atoms with Gasteiger partial charge in [0, 0.05) is 15.4 Å². The topological polar surface area (TPSA) is 26.3 Å². The number of hydrogen-bond acceptors (Lipinski definition) is 2. The molecule has 0 aliphatic heterocycles. The van der Waals surface area contributed by atoms with Gasteiger partial charge in [0.05, 0.1) is 12.7 Å². The number of halogens is 2. The summed E-state index contributed by atoms with van der Waals surface area (Å²) in [5, 5.41) is 0. The van der Waals surface area contributed by atoms with Crippen LogP contribution in [0.4, 0.5) is 0 Å². The van der Waals surface area contributed by atoms with Crippen LogP contribution in [0.3, 0.4) is 0 Å². The number of hydrogen-bond donors (Lipinski definition) is 0. The van der Waals surface area contributed by atoms with Crippen LogP contribution in [0.25, 0.3) is 0 Å². The highest BCUT2D eigenvalue weighted by molar-refractivity contribution is 9.10. The molecule has 0 saturated heterocycles. The Morgan fingerprint density at radius 3 is 2.52 bits per heavy atom. The second-order valence-corrected chi connectivity index (χ2v) is 6.71. The molecule has 0 aliphatic carbocycles. The fraction of sp³-hybridized carbons (Fsp3) is 0.235. The SMILES string of the molecule is COc1c(C)cc(Br)c(C)c1C(=O)Cc1cccc(Br)c1. The zero-order chi connectivity index (χ0) is 15.6. The van der Waals surface area contributed by atoms with E-state index in [-0.39, 0.29) is 5.78 Å². The summed E-state index contributed by atoms with van der Waals surface area (Å²) >= 11 is 6.94. The molecule has 0 bridgehead atoms. The molecule has 2 rings (SSSR count). The van der Waals surface area contributed by atoms with Gasteiger partial charge in [-0.15, -0.1) is 0 Å². The average molecular weight is 412 g/mol. The molecular formula is C17H16Br2O2. The first-order chi connectivity index (χ1) is 9.93. The fourth-order valence-corrected chi connectivity index (χ4v) is 3.36. The van der Waals surface area contributed by atoms with Crippen molar-refractivity contribution >= 4 is 37.6 Å². The molecule has 0 radical (unpaired) electrons. The van der Waals surface area contributed by atoms with Gasteiger partial charge in [-0.05, 0) is 48.7 Å². The van der Waals surface area contributed by atoms with Crippen LogP contribution in [0.1, 0.15) is 27.0 Å². The summed E-state index contributed by atoms with van der Waals surface area (Å²) in [6.07, 6.45) is 0.354. The van der Waals surface area contributed by atoms with E-state index in [4.69, 9.17) is 4.74 Å². The van der Waals surface area contributed by atoms with Crippen molar-refractivity contribution in [2.75, 3.05) is 7.11 Å². The number of Topliss-reactive ketones (excluding diaryl/α,β-unsaturated/α-hetero) is 1. The maximum absolute atomic E-state index is 12.7. The molecule has 0 saturated carbocycles. The Hall–Kier alpha value is -1.13. The predicted molar refractivity (Wildman–Crippen MR) is 92.3 cm³/mol. The Balaban J connectivity index is 2.43. The van der Waals surface area contributed by atoms with Crippen molar-refractivity contribution in [3.05, 3.63) is 61.5 Å². The van der Waals surface area contributed by atoms with Gasteiger partial charge >= 0.3 is 0 Å². The lowest BCUT2D eigenvalue weighted by molar-refractivity contribution is 0.0989. The van der Waals surface area contributed by atoms with E-state index < -0.39 is 0 Å². The number of methoxy groups -OCH3 is 1. The highest BCUT2D eigenvalue weighted by Gasteiger charge is 2.20. The van der Waals surface area contributed by atoms with Gasteiger partial charge in [-0.25, -0.2) is 0 Å². The van der Waals surface area contributed by atoms with Crippen molar-refractivity contribution in [2.45, 2.75) is 20.3 Å². The molecule has 0 atom stereocenters. The summed E-state index contributed by atoms with van der Waals surface area (Å²) in [6.45, 7) is 3.87. The molecule has 0 unspecified atom stereocenters. The van der Waals surface area contributed by atoms with E-state index in [9.17, 15) is 4.79 Å². The molecule has 4 heteroatoms. The normalized spacial score (nSPS) is 10.5. The minimum absolute atomic E-state index is 0.0619. The number of ketones is 1. The number of carbonyl (C=O) groups excluding carboxylic acids is 1. The molecule has 2 aromatic rings. The second-order valence-electron chi connectivity index (χ2n) is 4.94. The molecule has 0 heterocycles. The van der Waals surface area contributed by atoms with E-state index in [1.807, 2.05) is 44.2 Å². The molecular weight excluding hydrogens is 396 g/mol. The quantitative estimate of drug-likeness (QED) is 0.641. The van der Waals surface area contributed by atoms with Crippen molar-refractivity contribution in [2.24, 2.45) is 0 Å². The summed E-state index contributed by atoms with van der Waals surface area (Å²) in [5.74, 6) is 0.725. The Morgan fingerprint density at radius 2 is 1.90 bits per heavy atom. The highest BCUT2D eigenvalue weighted by atomic mass is 79.9. The molecule has 0 fully saturated rings. The fourth-order valence-electron chi connectivity index (χ4n) is 2.37. The Kier molecular flexibility index (Phi) is 5.22. The summed E-state index contributed by atoms with van der Waals surface area (Å²) < 4.78 is 7.35. The van der Waals surface area contributed by atoms with E-state index in [2.05, 4.69) is 31.9 Å². The van der Waals surface area contributed by atoms with Crippen LogP contribution in [-0.4, -0.2) is 12.9 Å². The van der Waals surface area contributed by atoms with Crippen LogP contribution in [0.5, 0.6) is 5.75 Å². The Bertz CT molecular complexity index is 693. The van der Waals surface area contributed by atoms with Crippen molar-refractivity contribution in [3.63, 3.8) is 0 Å². The monoisotopic (exact) mass is 410 g/mol. The summed E-state index contributed by atoms with van der Waals surface area (Å²) in [7, 11) is 1.60. The molecule has 2 aromatic carbocycles. The number of carbonyl (C=O) groups is 1. The highest BCUT2D eigenvalue weighted by Crippen LogP contribution is 2.33. The van der Waals surface area contributed by atoms with Crippen LogP contribution in [0, 0.1) is 13.8 Å². The van der Waals surface area contributed by atoms with Gasteiger partial charge in [0.25, 0.3) is 0 Å². The first kappa shape index (κ1) is 16.2. The molecule has 0 aromatic heterocycles. The van der Waals surface area contributed by atoms with Gasteiger partial charge in [0.1, 0.15) is 5.75 Å². The lowest BCUT2D eigenvalue weighted by atomic mass is 9.96. The van der Waals surface area contributed by atoms with Gasteiger partial charge in [-0.3, -0.25) is 4.79 Å². The minimum Gasteiger partial charge on any atom is -0.496 e. The molecule has 2 nitrogen and oxygen atoms in total. The lowest BCUT2D eigenvalue weighted by Crippen LogP contribution is -2.09. The van der Waals surface area contributed by atoms with Crippen LogP contribution in [-0.2, 0) is 6.42 Å². The summed E-state index contributed by atoms with van der Waals surface area (Å²) in [6, 6.07) is 9.77. The largest absolute Gasteiger partial charge is 0.496 e. The number of rotatable bonds is 4. The second kappa shape index (κ2) is 6.75. The van der Waals surface area contributed by atoms with Crippen LogP contribution < -0.4 is 4.74 Å². The maximum Gasteiger partial charge on any atom is 0.171 e. The van der Waals surface area contributed by atoms with E-state index in [0.717, 1.165) is 25.6 Å². The molecule has 0 N–H and O–H groups in total. The smallest absolute Gasteiger partial charge is 0.171 e. The van der Waals surface area contributed by atoms with Crippen molar-refractivity contribution in [1.82, 2.24) is 0 Å². The average Bonchev–Trinajstić information content (AvgIpc) is 2.42.